The van der Waals surface area contributed by atoms with Gasteiger partial charge in [0.05, 0.1) is 6.54 Å². The van der Waals surface area contributed by atoms with Crippen LogP contribution in [0.1, 0.15) is 17.3 Å². The summed E-state index contributed by atoms with van der Waals surface area (Å²) >= 11 is 0. The van der Waals surface area contributed by atoms with Gasteiger partial charge in [-0.1, -0.05) is 35.5 Å². The van der Waals surface area contributed by atoms with Crippen molar-refractivity contribution < 1.29 is 4.52 Å². The molecule has 0 spiro atoms. The molecule has 1 aromatic heterocycles. The highest BCUT2D eigenvalue weighted by atomic mass is 16.5. The lowest BCUT2D eigenvalue weighted by Gasteiger charge is -2.32. The van der Waals surface area contributed by atoms with Gasteiger partial charge in [-0.3, -0.25) is 4.90 Å². The van der Waals surface area contributed by atoms with Gasteiger partial charge in [0, 0.05) is 25.7 Å². The summed E-state index contributed by atoms with van der Waals surface area (Å²) < 4.78 is 5.20. The fourth-order valence-corrected chi connectivity index (χ4v) is 2.67. The van der Waals surface area contributed by atoms with Gasteiger partial charge in [0.25, 0.3) is 0 Å². The standard InChI is InChI=1S/C15H20N4O/c1-12-17-15(20-18-12)11-19-8-7-16-14(10-19)9-13-5-3-2-4-6-13/h2-6,14,16H,7-11H2,1H3. The molecule has 0 bridgehead atoms. The van der Waals surface area contributed by atoms with Crippen molar-refractivity contribution in [2.24, 2.45) is 0 Å². The third-order valence-corrected chi connectivity index (χ3v) is 3.59. The number of aryl methyl sites for hydroxylation is 1. The van der Waals surface area contributed by atoms with E-state index >= 15 is 0 Å². The molecular weight excluding hydrogens is 252 g/mol. The number of nitrogens with one attached hydrogen (secondary N) is 1. The van der Waals surface area contributed by atoms with Crippen LogP contribution < -0.4 is 5.32 Å². The van der Waals surface area contributed by atoms with Crippen molar-refractivity contribution in [2.45, 2.75) is 25.9 Å². The normalized spacial score (nSPS) is 20.1. The fraction of sp³-hybridized carbons (Fsp3) is 0.467. The molecule has 0 amide bonds. The molecule has 20 heavy (non-hydrogen) atoms. The molecule has 1 atom stereocenters. The highest BCUT2D eigenvalue weighted by molar-refractivity contribution is 5.16. The van der Waals surface area contributed by atoms with Crippen molar-refractivity contribution in [3.63, 3.8) is 0 Å². The van der Waals surface area contributed by atoms with Crippen LogP contribution in [-0.2, 0) is 13.0 Å². The minimum atomic E-state index is 0.482. The summed E-state index contributed by atoms with van der Waals surface area (Å²) in [5, 5.41) is 7.42. The second kappa shape index (κ2) is 6.15. The van der Waals surface area contributed by atoms with Crippen molar-refractivity contribution in [3.8, 4) is 0 Å². The van der Waals surface area contributed by atoms with Crippen LogP contribution >= 0.6 is 0 Å². The number of hydrogen-bond donors (Lipinski definition) is 1. The molecule has 1 N–H and O–H groups in total. The molecule has 106 valence electrons. The summed E-state index contributed by atoms with van der Waals surface area (Å²) in [7, 11) is 0. The van der Waals surface area contributed by atoms with E-state index in [2.05, 4.69) is 50.7 Å². The van der Waals surface area contributed by atoms with Crippen LogP contribution in [0.15, 0.2) is 34.9 Å². The number of hydrogen-bond acceptors (Lipinski definition) is 5. The molecule has 2 heterocycles. The van der Waals surface area contributed by atoms with Gasteiger partial charge < -0.3 is 9.84 Å². The molecule has 1 aliphatic heterocycles. The summed E-state index contributed by atoms with van der Waals surface area (Å²) in [6.45, 7) is 5.63. The third kappa shape index (κ3) is 3.43. The molecule has 5 nitrogen and oxygen atoms in total. The van der Waals surface area contributed by atoms with Crippen molar-refractivity contribution in [2.75, 3.05) is 19.6 Å². The minimum absolute atomic E-state index is 0.482. The second-order valence-corrected chi connectivity index (χ2v) is 5.31. The highest BCUT2D eigenvalue weighted by Gasteiger charge is 2.21. The Labute approximate surface area is 119 Å². The van der Waals surface area contributed by atoms with Crippen LogP contribution in [0.5, 0.6) is 0 Å². The summed E-state index contributed by atoms with van der Waals surface area (Å²) in [5.41, 5.74) is 1.38. The first-order valence-electron chi connectivity index (χ1n) is 7.08. The maximum absolute atomic E-state index is 5.20. The maximum atomic E-state index is 5.20. The zero-order chi connectivity index (χ0) is 13.8. The van der Waals surface area contributed by atoms with Crippen LogP contribution in [-0.4, -0.2) is 40.7 Å². The first-order chi connectivity index (χ1) is 9.79. The van der Waals surface area contributed by atoms with E-state index in [1.807, 2.05) is 6.92 Å². The van der Waals surface area contributed by atoms with Gasteiger partial charge in [-0.15, -0.1) is 0 Å². The molecule has 0 radical (unpaired) electrons. The Morgan fingerprint density at radius 3 is 2.95 bits per heavy atom. The van der Waals surface area contributed by atoms with E-state index in [1.54, 1.807) is 0 Å². The predicted molar refractivity (Wildman–Crippen MR) is 76.2 cm³/mol. The average molecular weight is 272 g/mol. The molecule has 0 saturated carbocycles. The Morgan fingerprint density at radius 2 is 2.20 bits per heavy atom. The Morgan fingerprint density at radius 1 is 1.35 bits per heavy atom. The van der Waals surface area contributed by atoms with Crippen molar-refractivity contribution in [3.05, 3.63) is 47.6 Å². The SMILES string of the molecule is Cc1noc(CN2CCNC(Cc3ccccc3)C2)n1. The Bertz CT molecular complexity index is 540. The van der Waals surface area contributed by atoms with Crippen molar-refractivity contribution >= 4 is 0 Å². The molecule has 1 saturated heterocycles. The van der Waals surface area contributed by atoms with E-state index in [0.29, 0.717) is 17.8 Å². The van der Waals surface area contributed by atoms with Gasteiger partial charge in [-0.05, 0) is 18.9 Å². The average Bonchev–Trinajstić information content (AvgIpc) is 2.86. The fourth-order valence-electron chi connectivity index (χ4n) is 2.67. The molecular formula is C15H20N4O. The molecule has 1 fully saturated rings. The molecule has 2 aromatic rings. The smallest absolute Gasteiger partial charge is 0.240 e. The Hall–Kier alpha value is -1.72. The first kappa shape index (κ1) is 13.3. The molecule has 0 aliphatic carbocycles. The maximum Gasteiger partial charge on any atom is 0.240 e. The van der Waals surface area contributed by atoms with Gasteiger partial charge in [0.1, 0.15) is 0 Å². The molecule has 1 unspecified atom stereocenters. The van der Waals surface area contributed by atoms with Crippen LogP contribution in [0.2, 0.25) is 0 Å². The number of aromatic nitrogens is 2. The summed E-state index contributed by atoms with van der Waals surface area (Å²) in [5.74, 6) is 1.42. The minimum Gasteiger partial charge on any atom is -0.338 e. The third-order valence-electron chi connectivity index (χ3n) is 3.59. The van der Waals surface area contributed by atoms with Crippen LogP contribution in [0.3, 0.4) is 0 Å². The van der Waals surface area contributed by atoms with Crippen LogP contribution in [0.4, 0.5) is 0 Å². The zero-order valence-electron chi connectivity index (χ0n) is 11.7. The molecule has 5 heteroatoms. The second-order valence-electron chi connectivity index (χ2n) is 5.31. The Balaban J connectivity index is 1.56. The summed E-state index contributed by atoms with van der Waals surface area (Å²) in [6.07, 6.45) is 1.06. The molecule has 3 rings (SSSR count). The first-order valence-corrected chi connectivity index (χ1v) is 7.08. The lowest BCUT2D eigenvalue weighted by atomic mass is 10.0. The van der Waals surface area contributed by atoms with Gasteiger partial charge >= 0.3 is 0 Å². The van der Waals surface area contributed by atoms with Crippen LogP contribution in [0, 0.1) is 6.92 Å². The largest absolute Gasteiger partial charge is 0.338 e. The van der Waals surface area contributed by atoms with Crippen LogP contribution in [0.25, 0.3) is 0 Å². The lowest BCUT2D eigenvalue weighted by Crippen LogP contribution is -2.51. The molecule has 1 aromatic carbocycles. The number of rotatable bonds is 4. The zero-order valence-corrected chi connectivity index (χ0v) is 11.7. The van der Waals surface area contributed by atoms with E-state index in [9.17, 15) is 0 Å². The van der Waals surface area contributed by atoms with E-state index < -0.39 is 0 Å². The number of piperazine rings is 1. The monoisotopic (exact) mass is 272 g/mol. The van der Waals surface area contributed by atoms with Crippen molar-refractivity contribution in [1.29, 1.82) is 0 Å². The topological polar surface area (TPSA) is 54.2 Å². The summed E-state index contributed by atoms with van der Waals surface area (Å²) in [4.78, 5) is 6.65. The van der Waals surface area contributed by atoms with E-state index in [0.717, 1.165) is 32.6 Å². The van der Waals surface area contributed by atoms with Gasteiger partial charge in [0.2, 0.25) is 5.89 Å². The molecule has 1 aliphatic rings. The number of nitrogens with zero attached hydrogens (tertiary/aromatic N) is 3. The van der Waals surface area contributed by atoms with Crippen molar-refractivity contribution in [1.82, 2.24) is 20.4 Å². The van der Waals surface area contributed by atoms with E-state index in [1.165, 1.54) is 5.56 Å². The highest BCUT2D eigenvalue weighted by Crippen LogP contribution is 2.10. The van der Waals surface area contributed by atoms with Gasteiger partial charge in [-0.25, -0.2) is 0 Å². The Kier molecular flexibility index (Phi) is 4.08. The van der Waals surface area contributed by atoms with Gasteiger partial charge in [0.15, 0.2) is 5.82 Å². The quantitative estimate of drug-likeness (QED) is 0.911. The van der Waals surface area contributed by atoms with Gasteiger partial charge in [-0.2, -0.15) is 4.98 Å². The number of benzene rings is 1. The van der Waals surface area contributed by atoms with E-state index in [4.69, 9.17) is 4.52 Å². The lowest BCUT2D eigenvalue weighted by molar-refractivity contribution is 0.171. The summed E-state index contributed by atoms with van der Waals surface area (Å²) in [6, 6.07) is 11.1. The predicted octanol–water partition coefficient (Wildman–Crippen LogP) is 1.39. The van der Waals surface area contributed by atoms with E-state index in [-0.39, 0.29) is 0 Å².